The number of benzene rings is 1. The van der Waals surface area contributed by atoms with Gasteiger partial charge in [-0.1, -0.05) is 12.1 Å². The summed E-state index contributed by atoms with van der Waals surface area (Å²) in [6.45, 7) is 5.54. The topological polar surface area (TPSA) is 56.1 Å². The predicted molar refractivity (Wildman–Crippen MR) is 75.4 cm³/mol. The van der Waals surface area contributed by atoms with Crippen LogP contribution in [-0.4, -0.2) is 35.9 Å². The van der Waals surface area contributed by atoms with E-state index in [-0.39, 0.29) is 5.56 Å². The van der Waals surface area contributed by atoms with Crippen LogP contribution in [0.15, 0.2) is 35.4 Å². The molecule has 0 fully saturated rings. The van der Waals surface area contributed by atoms with Gasteiger partial charge in [0.1, 0.15) is 0 Å². The molecule has 2 rings (SSSR count). The third-order valence-electron chi connectivity index (χ3n) is 2.89. The maximum absolute atomic E-state index is 12.2. The second-order valence-corrected chi connectivity index (χ2v) is 4.21. The lowest BCUT2D eigenvalue weighted by molar-refractivity contribution is 0.149. The zero-order valence-electron chi connectivity index (χ0n) is 11.1. The molecule has 0 saturated heterocycles. The van der Waals surface area contributed by atoms with E-state index in [1.54, 1.807) is 10.9 Å². The van der Waals surface area contributed by atoms with E-state index < -0.39 is 0 Å². The first-order chi connectivity index (χ1) is 9.33. The molecule has 5 heteroatoms. The van der Waals surface area contributed by atoms with E-state index >= 15 is 0 Å². The van der Waals surface area contributed by atoms with Gasteiger partial charge in [0, 0.05) is 26.2 Å². The predicted octanol–water partition coefficient (Wildman–Crippen LogP) is 1.02. The molecule has 0 spiro atoms. The SMILES string of the molecule is CCOCCNCCn1cnc2ccccc2c1=O. The van der Waals surface area contributed by atoms with Crippen LogP contribution in [-0.2, 0) is 11.3 Å². The summed E-state index contributed by atoms with van der Waals surface area (Å²) in [5.74, 6) is 0. The van der Waals surface area contributed by atoms with E-state index in [9.17, 15) is 4.79 Å². The Morgan fingerprint density at radius 2 is 2.16 bits per heavy atom. The number of fused-ring (bicyclic) bond motifs is 1. The number of hydrogen-bond acceptors (Lipinski definition) is 4. The first kappa shape index (κ1) is 13.7. The van der Waals surface area contributed by atoms with Crippen molar-refractivity contribution in [2.75, 3.05) is 26.3 Å². The van der Waals surface area contributed by atoms with Crippen LogP contribution in [0, 0.1) is 0 Å². The van der Waals surface area contributed by atoms with Crippen LogP contribution < -0.4 is 10.9 Å². The highest BCUT2D eigenvalue weighted by Crippen LogP contribution is 2.04. The van der Waals surface area contributed by atoms with Crippen molar-refractivity contribution >= 4 is 10.9 Å². The molecule has 19 heavy (non-hydrogen) atoms. The molecule has 2 aromatic rings. The fraction of sp³-hybridized carbons (Fsp3) is 0.429. The molecule has 102 valence electrons. The van der Waals surface area contributed by atoms with Crippen LogP contribution in [0.5, 0.6) is 0 Å². The third-order valence-corrected chi connectivity index (χ3v) is 2.89. The average molecular weight is 261 g/mol. The van der Waals surface area contributed by atoms with Crippen LogP contribution in [0.25, 0.3) is 10.9 Å². The molecule has 0 saturated carbocycles. The van der Waals surface area contributed by atoms with Gasteiger partial charge in [0.15, 0.2) is 0 Å². The molecule has 0 unspecified atom stereocenters. The van der Waals surface area contributed by atoms with E-state index in [0.717, 1.165) is 25.2 Å². The van der Waals surface area contributed by atoms with Gasteiger partial charge in [0.2, 0.25) is 0 Å². The Hall–Kier alpha value is -1.72. The molecule has 0 aliphatic heterocycles. The molecular formula is C14H19N3O2. The van der Waals surface area contributed by atoms with Crippen LogP contribution in [0.4, 0.5) is 0 Å². The van der Waals surface area contributed by atoms with Crippen LogP contribution in [0.3, 0.4) is 0 Å². The molecule has 0 aliphatic rings. The minimum atomic E-state index is 0.0113. The summed E-state index contributed by atoms with van der Waals surface area (Å²) in [5.41, 5.74) is 0.755. The Morgan fingerprint density at radius 1 is 1.32 bits per heavy atom. The van der Waals surface area contributed by atoms with Gasteiger partial charge in [-0.3, -0.25) is 9.36 Å². The quantitative estimate of drug-likeness (QED) is 0.756. The maximum Gasteiger partial charge on any atom is 0.261 e. The fourth-order valence-electron chi connectivity index (χ4n) is 1.88. The highest BCUT2D eigenvalue weighted by atomic mass is 16.5. The van der Waals surface area contributed by atoms with Gasteiger partial charge in [0.25, 0.3) is 5.56 Å². The fourth-order valence-corrected chi connectivity index (χ4v) is 1.88. The van der Waals surface area contributed by atoms with E-state index in [2.05, 4.69) is 10.3 Å². The van der Waals surface area contributed by atoms with Gasteiger partial charge in [-0.15, -0.1) is 0 Å². The summed E-state index contributed by atoms with van der Waals surface area (Å²) < 4.78 is 6.86. The third kappa shape index (κ3) is 3.62. The summed E-state index contributed by atoms with van der Waals surface area (Å²) in [4.78, 5) is 16.4. The highest BCUT2D eigenvalue weighted by molar-refractivity contribution is 5.76. The van der Waals surface area contributed by atoms with E-state index in [1.165, 1.54) is 0 Å². The standard InChI is InChI=1S/C14H19N3O2/c1-2-19-10-8-15-7-9-17-11-16-13-6-4-3-5-12(13)14(17)18/h3-6,11,15H,2,7-10H2,1H3. The summed E-state index contributed by atoms with van der Waals surface area (Å²) in [7, 11) is 0. The van der Waals surface area contributed by atoms with Crippen molar-refractivity contribution in [2.24, 2.45) is 0 Å². The van der Waals surface area contributed by atoms with Crippen LogP contribution in [0.2, 0.25) is 0 Å². The molecule has 0 radical (unpaired) electrons. The molecule has 1 aromatic heterocycles. The molecule has 0 amide bonds. The van der Waals surface area contributed by atoms with E-state index in [1.807, 2.05) is 31.2 Å². The molecule has 1 N–H and O–H groups in total. The summed E-state index contributed by atoms with van der Waals surface area (Å²) in [6, 6.07) is 7.40. The smallest absolute Gasteiger partial charge is 0.261 e. The molecule has 5 nitrogen and oxygen atoms in total. The zero-order valence-corrected chi connectivity index (χ0v) is 11.1. The molecule has 0 aliphatic carbocycles. The lowest BCUT2D eigenvalue weighted by Crippen LogP contribution is -2.29. The van der Waals surface area contributed by atoms with Gasteiger partial charge < -0.3 is 10.1 Å². The molecule has 0 bridgehead atoms. The first-order valence-corrected chi connectivity index (χ1v) is 6.55. The van der Waals surface area contributed by atoms with Gasteiger partial charge in [-0.05, 0) is 19.1 Å². The van der Waals surface area contributed by atoms with Crippen LogP contribution in [0.1, 0.15) is 6.92 Å². The number of nitrogens with zero attached hydrogens (tertiary/aromatic N) is 2. The minimum Gasteiger partial charge on any atom is -0.380 e. The normalized spacial score (nSPS) is 11.0. The first-order valence-electron chi connectivity index (χ1n) is 6.55. The van der Waals surface area contributed by atoms with Crippen LogP contribution >= 0.6 is 0 Å². The van der Waals surface area contributed by atoms with Gasteiger partial charge >= 0.3 is 0 Å². The summed E-state index contributed by atoms with van der Waals surface area (Å²) >= 11 is 0. The van der Waals surface area contributed by atoms with Gasteiger partial charge in [-0.2, -0.15) is 0 Å². The average Bonchev–Trinajstić information content (AvgIpc) is 2.45. The van der Waals surface area contributed by atoms with Crippen molar-refractivity contribution < 1.29 is 4.74 Å². The lowest BCUT2D eigenvalue weighted by Gasteiger charge is -2.08. The number of hydrogen-bond donors (Lipinski definition) is 1. The number of rotatable bonds is 7. The Bertz CT molecular complexity index is 580. The van der Waals surface area contributed by atoms with Crippen molar-refractivity contribution in [2.45, 2.75) is 13.5 Å². The second-order valence-electron chi connectivity index (χ2n) is 4.21. The number of aromatic nitrogens is 2. The van der Waals surface area contributed by atoms with Crippen molar-refractivity contribution in [1.29, 1.82) is 0 Å². The van der Waals surface area contributed by atoms with Crippen molar-refractivity contribution in [3.8, 4) is 0 Å². The molecule has 1 aromatic carbocycles. The summed E-state index contributed by atoms with van der Waals surface area (Å²) in [5, 5.41) is 3.90. The molecule has 0 atom stereocenters. The number of para-hydroxylation sites is 1. The number of ether oxygens (including phenoxy) is 1. The molecule has 1 heterocycles. The second kappa shape index (κ2) is 7.01. The van der Waals surface area contributed by atoms with Crippen molar-refractivity contribution in [3.05, 3.63) is 40.9 Å². The monoisotopic (exact) mass is 261 g/mol. The number of nitrogens with one attached hydrogen (secondary N) is 1. The Labute approximate surface area is 112 Å². The van der Waals surface area contributed by atoms with Crippen molar-refractivity contribution in [3.63, 3.8) is 0 Å². The molecular weight excluding hydrogens is 242 g/mol. The Kier molecular flexibility index (Phi) is 5.06. The van der Waals surface area contributed by atoms with E-state index in [4.69, 9.17) is 4.74 Å². The summed E-state index contributed by atoms with van der Waals surface area (Å²) in [6.07, 6.45) is 1.61. The largest absolute Gasteiger partial charge is 0.380 e. The van der Waals surface area contributed by atoms with E-state index in [0.29, 0.717) is 18.5 Å². The minimum absolute atomic E-state index is 0.0113. The maximum atomic E-state index is 12.2. The zero-order chi connectivity index (χ0) is 13.5. The Balaban J connectivity index is 1.94. The Morgan fingerprint density at radius 3 is 3.00 bits per heavy atom. The van der Waals surface area contributed by atoms with Crippen molar-refractivity contribution in [1.82, 2.24) is 14.9 Å². The van der Waals surface area contributed by atoms with Gasteiger partial charge in [-0.25, -0.2) is 4.98 Å². The lowest BCUT2D eigenvalue weighted by atomic mass is 10.2. The van der Waals surface area contributed by atoms with Gasteiger partial charge in [0.05, 0.1) is 23.8 Å². The highest BCUT2D eigenvalue weighted by Gasteiger charge is 2.02.